The topological polar surface area (TPSA) is 85.3 Å². The van der Waals surface area contributed by atoms with Crippen LogP contribution in [0.1, 0.15) is 64.0 Å². The second-order valence-corrected chi connectivity index (χ2v) is 11.3. The van der Waals surface area contributed by atoms with Gasteiger partial charge in [-0.25, -0.2) is 0 Å². The van der Waals surface area contributed by atoms with Crippen molar-refractivity contribution in [2.75, 3.05) is 20.3 Å². The molecule has 0 spiro atoms. The Morgan fingerprint density at radius 1 is 0.973 bits per heavy atom. The maximum atomic E-state index is 13.0. The predicted molar refractivity (Wildman–Crippen MR) is 151 cm³/mol. The number of hydrogen-bond donors (Lipinski definition) is 0. The predicted octanol–water partition coefficient (Wildman–Crippen LogP) is 6.29. The Kier molecular flexibility index (Phi) is 10.6. The number of sulfonamides is 1. The third-order valence-corrected chi connectivity index (χ3v) is 8.43. The first kappa shape index (κ1) is 28.8. The van der Waals surface area contributed by atoms with Gasteiger partial charge in [0.1, 0.15) is 0 Å². The van der Waals surface area contributed by atoms with Crippen LogP contribution in [0.5, 0.6) is 11.5 Å². The Bertz CT molecular complexity index is 1240. The van der Waals surface area contributed by atoms with E-state index in [4.69, 9.17) is 9.47 Å². The summed E-state index contributed by atoms with van der Waals surface area (Å²) in [5.74, 6) is 0.954. The van der Waals surface area contributed by atoms with E-state index in [0.29, 0.717) is 29.6 Å². The van der Waals surface area contributed by atoms with Crippen LogP contribution in [-0.2, 0) is 21.2 Å². The van der Waals surface area contributed by atoms with Crippen LogP contribution in [-0.4, -0.2) is 44.7 Å². The second-order valence-electron chi connectivity index (χ2n) is 8.68. The molecule has 9 heteroatoms. The molecule has 0 radical (unpaired) electrons. The summed E-state index contributed by atoms with van der Waals surface area (Å²) in [6.45, 7) is 6.91. The Hall–Kier alpha value is -2.78. The van der Waals surface area contributed by atoms with Crippen LogP contribution in [0.3, 0.4) is 0 Å². The van der Waals surface area contributed by atoms with E-state index in [9.17, 15) is 13.2 Å². The van der Waals surface area contributed by atoms with Gasteiger partial charge in [0.25, 0.3) is 15.9 Å². The monoisotopic (exact) mass is 544 g/mol. The first-order valence-electron chi connectivity index (χ1n) is 12.8. The highest BCUT2D eigenvalue weighted by atomic mass is 32.2. The standard InChI is InChI=1S/C28H36N2O5S2/c1-5-8-9-10-11-18-35-24-17-14-22(19-25(24)34-4)20-26-27(31)30(7-3)28(36-26)29-37(32,33)23-15-12-21(6-2)13-16-23/h12-17,19-20H,5-11,18H2,1-4H3. The number of likely N-dealkylation sites (N-methyl/N-ethyl adjacent to an activating group) is 1. The molecule has 2 aromatic rings. The number of benzene rings is 2. The van der Waals surface area contributed by atoms with Gasteiger partial charge in [-0.05, 0) is 73.0 Å². The minimum atomic E-state index is -3.95. The lowest BCUT2D eigenvalue weighted by molar-refractivity contribution is -0.122. The minimum absolute atomic E-state index is 0.101. The van der Waals surface area contributed by atoms with Gasteiger partial charge in [-0.15, -0.1) is 4.40 Å². The summed E-state index contributed by atoms with van der Waals surface area (Å²) in [5, 5.41) is 0.147. The number of thioether (sulfide) groups is 1. The van der Waals surface area contributed by atoms with Crippen molar-refractivity contribution in [3.63, 3.8) is 0 Å². The van der Waals surface area contributed by atoms with Gasteiger partial charge in [-0.1, -0.05) is 57.7 Å². The zero-order valence-electron chi connectivity index (χ0n) is 22.0. The molecule has 0 unspecified atom stereocenters. The molecule has 1 aliphatic rings. The van der Waals surface area contributed by atoms with Gasteiger partial charge < -0.3 is 9.47 Å². The molecule has 0 N–H and O–H groups in total. The third kappa shape index (κ3) is 7.61. The number of unbranched alkanes of at least 4 members (excludes halogenated alkanes) is 4. The number of amides is 1. The number of aryl methyl sites for hydroxylation is 1. The average molecular weight is 545 g/mol. The summed E-state index contributed by atoms with van der Waals surface area (Å²) in [5.41, 5.74) is 1.79. The lowest BCUT2D eigenvalue weighted by Gasteiger charge is -2.12. The normalized spacial score (nSPS) is 16.1. The molecule has 37 heavy (non-hydrogen) atoms. The van der Waals surface area contributed by atoms with E-state index in [0.717, 1.165) is 42.2 Å². The van der Waals surface area contributed by atoms with Gasteiger partial charge in [-0.2, -0.15) is 8.42 Å². The van der Waals surface area contributed by atoms with Crippen LogP contribution < -0.4 is 9.47 Å². The highest BCUT2D eigenvalue weighted by molar-refractivity contribution is 8.19. The molecule has 0 saturated carbocycles. The van der Waals surface area contributed by atoms with E-state index in [1.807, 2.05) is 25.1 Å². The maximum absolute atomic E-state index is 13.0. The number of carbonyl (C=O) groups excluding carboxylic acids is 1. The molecule has 0 bridgehead atoms. The van der Waals surface area contributed by atoms with E-state index in [-0.39, 0.29) is 16.0 Å². The van der Waals surface area contributed by atoms with Crippen LogP contribution in [0.2, 0.25) is 0 Å². The van der Waals surface area contributed by atoms with Gasteiger partial charge in [0.2, 0.25) is 0 Å². The fourth-order valence-corrected chi connectivity index (χ4v) is 6.08. The Morgan fingerprint density at radius 2 is 1.70 bits per heavy atom. The number of carbonyl (C=O) groups is 1. The van der Waals surface area contributed by atoms with Crippen molar-refractivity contribution in [2.24, 2.45) is 4.40 Å². The van der Waals surface area contributed by atoms with E-state index in [1.54, 1.807) is 44.4 Å². The number of rotatable bonds is 13. The fraction of sp³-hybridized carbons (Fsp3) is 0.429. The molecule has 1 aliphatic heterocycles. The van der Waals surface area contributed by atoms with E-state index in [1.165, 1.54) is 24.2 Å². The van der Waals surface area contributed by atoms with Crippen molar-refractivity contribution in [1.29, 1.82) is 0 Å². The molecule has 1 fully saturated rings. The summed E-state index contributed by atoms with van der Waals surface area (Å²) >= 11 is 1.05. The number of hydrogen-bond acceptors (Lipinski definition) is 6. The Balaban J connectivity index is 1.77. The summed E-state index contributed by atoms with van der Waals surface area (Å²) in [4.78, 5) is 14.9. The van der Waals surface area contributed by atoms with Gasteiger partial charge in [0, 0.05) is 6.54 Å². The van der Waals surface area contributed by atoms with Crippen molar-refractivity contribution >= 4 is 38.9 Å². The van der Waals surface area contributed by atoms with Crippen molar-refractivity contribution < 1.29 is 22.7 Å². The smallest absolute Gasteiger partial charge is 0.284 e. The van der Waals surface area contributed by atoms with Crippen LogP contribution in [0.25, 0.3) is 6.08 Å². The van der Waals surface area contributed by atoms with E-state index in [2.05, 4.69) is 11.3 Å². The van der Waals surface area contributed by atoms with Crippen molar-refractivity contribution in [1.82, 2.24) is 4.90 Å². The van der Waals surface area contributed by atoms with Crippen molar-refractivity contribution in [3.05, 3.63) is 58.5 Å². The summed E-state index contributed by atoms with van der Waals surface area (Å²) in [6.07, 6.45) is 8.31. The van der Waals surface area contributed by atoms with Crippen molar-refractivity contribution in [2.45, 2.75) is 64.2 Å². The molecular formula is C28H36N2O5S2. The zero-order chi connectivity index (χ0) is 26.8. The molecule has 3 rings (SSSR count). The average Bonchev–Trinajstić information content (AvgIpc) is 3.19. The summed E-state index contributed by atoms with van der Waals surface area (Å²) < 4.78 is 41.2. The lowest BCUT2D eigenvalue weighted by Crippen LogP contribution is -2.29. The van der Waals surface area contributed by atoms with E-state index >= 15 is 0 Å². The maximum Gasteiger partial charge on any atom is 0.284 e. The molecule has 2 aromatic carbocycles. The van der Waals surface area contributed by atoms with Gasteiger partial charge in [0.05, 0.1) is 23.5 Å². The summed E-state index contributed by atoms with van der Waals surface area (Å²) in [7, 11) is -2.37. The number of methoxy groups -OCH3 is 1. The number of ether oxygens (including phenoxy) is 2. The van der Waals surface area contributed by atoms with Crippen LogP contribution in [0.4, 0.5) is 0 Å². The molecule has 7 nitrogen and oxygen atoms in total. The highest BCUT2D eigenvalue weighted by Gasteiger charge is 2.34. The quantitative estimate of drug-likeness (QED) is 0.218. The third-order valence-electron chi connectivity index (χ3n) is 6.02. The van der Waals surface area contributed by atoms with Crippen molar-refractivity contribution in [3.8, 4) is 11.5 Å². The van der Waals surface area contributed by atoms with Crippen LogP contribution in [0, 0.1) is 0 Å². The van der Waals surface area contributed by atoms with Gasteiger partial charge in [-0.3, -0.25) is 9.69 Å². The Morgan fingerprint density at radius 3 is 2.35 bits per heavy atom. The lowest BCUT2D eigenvalue weighted by atomic mass is 10.1. The zero-order valence-corrected chi connectivity index (χ0v) is 23.7. The van der Waals surface area contributed by atoms with Gasteiger partial charge in [0.15, 0.2) is 16.7 Å². The van der Waals surface area contributed by atoms with Crippen LogP contribution in [0.15, 0.2) is 56.7 Å². The first-order chi connectivity index (χ1) is 17.8. The van der Waals surface area contributed by atoms with E-state index < -0.39 is 10.0 Å². The minimum Gasteiger partial charge on any atom is -0.493 e. The highest BCUT2D eigenvalue weighted by Crippen LogP contribution is 2.35. The molecule has 0 aromatic heterocycles. The Labute approximate surface area is 225 Å². The van der Waals surface area contributed by atoms with Crippen LogP contribution >= 0.6 is 11.8 Å². The van der Waals surface area contributed by atoms with Gasteiger partial charge >= 0.3 is 0 Å². The SMILES string of the molecule is CCCCCCCOc1ccc(C=C2SC(=NS(=O)(=O)c3ccc(CC)cc3)N(CC)C2=O)cc1OC. The molecule has 1 amide bonds. The summed E-state index contributed by atoms with van der Waals surface area (Å²) in [6, 6.07) is 12.1. The largest absolute Gasteiger partial charge is 0.493 e. The second kappa shape index (κ2) is 13.7. The molecule has 1 saturated heterocycles. The molecule has 200 valence electrons. The first-order valence-corrected chi connectivity index (χ1v) is 15.0. The fourth-order valence-electron chi connectivity index (χ4n) is 3.84. The molecular weight excluding hydrogens is 508 g/mol. The molecule has 1 heterocycles. The number of amidine groups is 1. The molecule has 0 atom stereocenters. The number of nitrogens with zero attached hydrogens (tertiary/aromatic N) is 2. The molecule has 0 aliphatic carbocycles.